The lowest BCUT2D eigenvalue weighted by Gasteiger charge is -2.25. The van der Waals surface area contributed by atoms with E-state index in [1.807, 2.05) is 0 Å². The van der Waals surface area contributed by atoms with Gasteiger partial charge in [-0.05, 0) is 12.1 Å². The van der Waals surface area contributed by atoms with Crippen molar-refractivity contribution in [2.24, 2.45) is 0 Å². The third kappa shape index (κ3) is 1.81. The summed E-state index contributed by atoms with van der Waals surface area (Å²) in [6.45, 7) is 0. The molecule has 3 heteroatoms. The van der Waals surface area contributed by atoms with Gasteiger partial charge in [0.25, 0.3) is 0 Å². The maximum atomic E-state index is 12.5. The first-order valence-electron chi connectivity index (χ1n) is 5.24. The van der Waals surface area contributed by atoms with Crippen LogP contribution in [0.15, 0.2) is 59.5 Å². The summed E-state index contributed by atoms with van der Waals surface area (Å²) in [6.07, 6.45) is 12.6. The second-order valence-electron chi connectivity index (χ2n) is 3.84. The predicted molar refractivity (Wildman–Crippen MR) is 68.1 cm³/mol. The fourth-order valence-corrected chi connectivity index (χ4v) is 3.46. The second kappa shape index (κ2) is 4.23. The van der Waals surface area contributed by atoms with Crippen LogP contribution in [0.5, 0.6) is 0 Å². The maximum Gasteiger partial charge on any atom is 0.199 e. The van der Waals surface area contributed by atoms with Crippen molar-refractivity contribution in [3.05, 3.63) is 54.6 Å². The van der Waals surface area contributed by atoms with Crippen molar-refractivity contribution in [2.75, 3.05) is 0 Å². The second-order valence-corrected chi connectivity index (χ2v) is 6.05. The van der Waals surface area contributed by atoms with Crippen LogP contribution in [-0.2, 0) is 9.84 Å². The van der Waals surface area contributed by atoms with E-state index in [4.69, 9.17) is 6.42 Å². The van der Waals surface area contributed by atoms with Gasteiger partial charge in [0, 0.05) is 6.42 Å². The summed E-state index contributed by atoms with van der Waals surface area (Å²) in [5, 5.41) is 0. The fourth-order valence-electron chi connectivity index (χ4n) is 1.79. The topological polar surface area (TPSA) is 34.1 Å². The van der Waals surface area contributed by atoms with Crippen molar-refractivity contribution < 1.29 is 8.42 Å². The summed E-state index contributed by atoms with van der Waals surface area (Å²) >= 11 is 0. The Kier molecular flexibility index (Phi) is 2.91. The van der Waals surface area contributed by atoms with E-state index in [1.54, 1.807) is 54.6 Å². The molecule has 0 bridgehead atoms. The van der Waals surface area contributed by atoms with Crippen LogP contribution >= 0.6 is 0 Å². The molecule has 0 radical (unpaired) electrons. The molecular formula is C14H12O2S. The van der Waals surface area contributed by atoms with Crippen LogP contribution in [0.25, 0.3) is 0 Å². The molecule has 0 heterocycles. The van der Waals surface area contributed by atoms with Crippen molar-refractivity contribution in [3.8, 4) is 12.3 Å². The van der Waals surface area contributed by atoms with Crippen LogP contribution in [-0.4, -0.2) is 13.2 Å². The van der Waals surface area contributed by atoms with E-state index < -0.39 is 14.6 Å². The zero-order valence-electron chi connectivity index (χ0n) is 9.21. The molecule has 0 spiro atoms. The van der Waals surface area contributed by atoms with Crippen LogP contribution in [0.3, 0.4) is 0 Å². The first-order valence-corrected chi connectivity index (χ1v) is 6.72. The quantitative estimate of drug-likeness (QED) is 0.748. The lowest BCUT2D eigenvalue weighted by atomic mass is 10.0. The number of sulfone groups is 1. The van der Waals surface area contributed by atoms with E-state index in [1.165, 1.54) is 0 Å². The molecule has 0 amide bonds. The molecule has 0 aromatic heterocycles. The van der Waals surface area contributed by atoms with E-state index in [0.29, 0.717) is 6.42 Å². The van der Waals surface area contributed by atoms with E-state index in [9.17, 15) is 8.42 Å². The Bertz CT molecular complexity index is 603. The largest absolute Gasteiger partial charge is 0.222 e. The molecule has 1 unspecified atom stereocenters. The molecule has 1 aliphatic rings. The molecule has 0 fully saturated rings. The smallest absolute Gasteiger partial charge is 0.199 e. The Balaban J connectivity index is 2.57. The minimum Gasteiger partial charge on any atom is -0.222 e. The molecule has 2 nitrogen and oxygen atoms in total. The van der Waals surface area contributed by atoms with Crippen LogP contribution in [0.2, 0.25) is 0 Å². The van der Waals surface area contributed by atoms with Crippen molar-refractivity contribution in [1.29, 1.82) is 0 Å². The van der Waals surface area contributed by atoms with Crippen LogP contribution in [0.1, 0.15) is 6.42 Å². The average Bonchev–Trinajstić information content (AvgIpc) is 2.40. The average molecular weight is 244 g/mol. The molecule has 2 rings (SSSR count). The Labute approximate surface area is 102 Å². The summed E-state index contributed by atoms with van der Waals surface area (Å²) in [4.78, 5) is 0.262. The number of rotatable bonds is 2. The maximum absolute atomic E-state index is 12.5. The van der Waals surface area contributed by atoms with Crippen molar-refractivity contribution in [1.82, 2.24) is 0 Å². The minimum atomic E-state index is -3.55. The van der Waals surface area contributed by atoms with Gasteiger partial charge in [0.1, 0.15) is 0 Å². The normalized spacial score (nSPS) is 23.2. The molecule has 1 aliphatic carbocycles. The van der Waals surface area contributed by atoms with Gasteiger partial charge in [-0.1, -0.05) is 48.4 Å². The summed E-state index contributed by atoms with van der Waals surface area (Å²) in [5.41, 5.74) is 0. The molecule has 1 aromatic carbocycles. The van der Waals surface area contributed by atoms with E-state index in [0.717, 1.165) is 0 Å². The van der Waals surface area contributed by atoms with Gasteiger partial charge in [-0.25, -0.2) is 8.42 Å². The lowest BCUT2D eigenvalue weighted by molar-refractivity contribution is 0.576. The van der Waals surface area contributed by atoms with Crippen molar-refractivity contribution in [2.45, 2.75) is 16.1 Å². The predicted octanol–water partition coefficient (Wildman–Crippen LogP) is 2.35. The highest BCUT2D eigenvalue weighted by atomic mass is 32.2. The molecular weight excluding hydrogens is 232 g/mol. The van der Waals surface area contributed by atoms with Gasteiger partial charge >= 0.3 is 0 Å². The summed E-state index contributed by atoms with van der Waals surface area (Å²) in [6, 6.07) is 8.30. The SMILES string of the molecule is C#CC1(S(=O)(=O)c2ccccc2)C=CC=CC1. The molecule has 0 N–H and O–H groups in total. The third-order valence-corrected chi connectivity index (χ3v) is 5.08. The Morgan fingerprint density at radius 2 is 1.88 bits per heavy atom. The van der Waals surface area contributed by atoms with E-state index >= 15 is 0 Å². The molecule has 17 heavy (non-hydrogen) atoms. The Hall–Kier alpha value is -1.79. The molecule has 0 saturated carbocycles. The minimum absolute atomic E-state index is 0.262. The highest BCUT2D eigenvalue weighted by molar-refractivity contribution is 7.93. The highest BCUT2D eigenvalue weighted by Crippen LogP contribution is 2.32. The van der Waals surface area contributed by atoms with Gasteiger partial charge < -0.3 is 0 Å². The number of hydrogen-bond acceptors (Lipinski definition) is 2. The first kappa shape index (κ1) is 11.7. The summed E-state index contributed by atoms with van der Waals surface area (Å²) in [5.74, 6) is 2.43. The third-order valence-electron chi connectivity index (χ3n) is 2.81. The molecule has 0 saturated heterocycles. The van der Waals surface area contributed by atoms with Gasteiger partial charge in [-0.3, -0.25) is 0 Å². The molecule has 1 aromatic rings. The van der Waals surface area contributed by atoms with Gasteiger partial charge in [0.05, 0.1) is 4.90 Å². The summed E-state index contributed by atoms with van der Waals surface area (Å²) in [7, 11) is -3.55. The van der Waals surface area contributed by atoms with E-state index in [2.05, 4.69) is 5.92 Å². The zero-order valence-corrected chi connectivity index (χ0v) is 10.0. The van der Waals surface area contributed by atoms with Crippen LogP contribution in [0.4, 0.5) is 0 Å². The van der Waals surface area contributed by atoms with E-state index in [-0.39, 0.29) is 4.90 Å². The number of allylic oxidation sites excluding steroid dienone is 3. The van der Waals surface area contributed by atoms with Crippen molar-refractivity contribution >= 4 is 9.84 Å². The Morgan fingerprint density at radius 1 is 1.18 bits per heavy atom. The zero-order chi connectivity index (χ0) is 12.4. The van der Waals surface area contributed by atoms with Crippen LogP contribution in [0, 0.1) is 12.3 Å². The van der Waals surface area contributed by atoms with Gasteiger partial charge in [0.2, 0.25) is 0 Å². The Morgan fingerprint density at radius 3 is 2.41 bits per heavy atom. The van der Waals surface area contributed by atoms with Crippen molar-refractivity contribution in [3.63, 3.8) is 0 Å². The van der Waals surface area contributed by atoms with Gasteiger partial charge in [0.15, 0.2) is 14.6 Å². The van der Waals surface area contributed by atoms with Crippen LogP contribution < -0.4 is 0 Å². The number of hydrogen-bond donors (Lipinski definition) is 0. The number of benzene rings is 1. The molecule has 86 valence electrons. The summed E-state index contributed by atoms with van der Waals surface area (Å²) < 4.78 is 23.8. The highest BCUT2D eigenvalue weighted by Gasteiger charge is 2.40. The molecule has 1 atom stereocenters. The number of terminal acetylenes is 1. The van der Waals surface area contributed by atoms with Gasteiger partial charge in [-0.2, -0.15) is 0 Å². The first-order chi connectivity index (χ1) is 8.12. The lowest BCUT2D eigenvalue weighted by Crippen LogP contribution is -2.35. The monoisotopic (exact) mass is 244 g/mol. The fraction of sp³-hybridized carbons (Fsp3) is 0.143. The standard InChI is InChI=1S/C14H12O2S/c1-2-14(11-7-4-8-12-14)17(15,16)13-9-5-3-6-10-13/h1,3-11H,12H2. The van der Waals surface area contributed by atoms with Gasteiger partial charge in [-0.15, -0.1) is 6.42 Å². The molecule has 0 aliphatic heterocycles.